The van der Waals surface area contributed by atoms with E-state index in [4.69, 9.17) is 4.74 Å². The Morgan fingerprint density at radius 1 is 1.17 bits per heavy atom. The molecule has 1 fully saturated rings. The number of nitrogens with zero attached hydrogens (tertiary/aromatic N) is 5. The van der Waals surface area contributed by atoms with E-state index in [-0.39, 0.29) is 40.6 Å². The highest BCUT2D eigenvalue weighted by atomic mass is 19.4. The third-order valence-corrected chi connectivity index (χ3v) is 6.17. The van der Waals surface area contributed by atoms with E-state index in [1.165, 1.54) is 18.6 Å². The van der Waals surface area contributed by atoms with Gasteiger partial charge in [0.1, 0.15) is 22.8 Å². The summed E-state index contributed by atoms with van der Waals surface area (Å²) >= 11 is 0. The van der Waals surface area contributed by atoms with Gasteiger partial charge in [0.05, 0.1) is 35.3 Å². The van der Waals surface area contributed by atoms with Crippen molar-refractivity contribution < 1.29 is 31.1 Å². The Kier molecular flexibility index (Phi) is 4.36. The van der Waals surface area contributed by atoms with Crippen LogP contribution < -0.4 is 4.74 Å². The van der Waals surface area contributed by atoms with Crippen molar-refractivity contribution in [2.24, 2.45) is 13.0 Å². The second-order valence-corrected chi connectivity index (χ2v) is 8.47. The van der Waals surface area contributed by atoms with Crippen LogP contribution in [0.4, 0.5) is 26.3 Å². The molecule has 13 heteroatoms. The van der Waals surface area contributed by atoms with Crippen LogP contribution in [0, 0.1) is 11.7 Å². The third-order valence-electron chi connectivity index (χ3n) is 6.17. The van der Waals surface area contributed by atoms with Crippen LogP contribution in [0.25, 0.3) is 44.0 Å². The van der Waals surface area contributed by atoms with E-state index in [1.807, 2.05) is 5.10 Å². The van der Waals surface area contributed by atoms with Crippen LogP contribution in [0.3, 0.4) is 0 Å². The summed E-state index contributed by atoms with van der Waals surface area (Å²) in [4.78, 5) is 8.67. The highest BCUT2D eigenvalue weighted by Crippen LogP contribution is 2.49. The van der Waals surface area contributed by atoms with Crippen LogP contribution in [-0.4, -0.2) is 42.5 Å². The minimum atomic E-state index is -4.78. The minimum absolute atomic E-state index is 0.00101. The standard InChI is InChI=1S/C22H14F6N6O/c1-34-8-30-18-17-14(11(2-3-29-17)16-20(22(26,27)28)32-33-31-16)12-4-10(23)5-13(15(12)19(18)34)35-7-9-6-21(9,24)25/h2-5,8-9H,6-7H2,1H3,(H,31,32,33). The molecule has 0 amide bonds. The summed E-state index contributed by atoms with van der Waals surface area (Å²) in [5.74, 6) is -4.62. The number of imidazole rings is 1. The van der Waals surface area contributed by atoms with Crippen LogP contribution in [0.15, 0.2) is 30.7 Å². The molecular weight excluding hydrogens is 478 g/mol. The molecule has 7 nitrogen and oxygen atoms in total. The lowest BCUT2D eigenvalue weighted by Crippen LogP contribution is -2.08. The van der Waals surface area contributed by atoms with Crippen molar-refractivity contribution in [3.05, 3.63) is 42.2 Å². The molecule has 1 N–H and O–H groups in total. The number of halogens is 6. The van der Waals surface area contributed by atoms with Crippen molar-refractivity contribution in [2.45, 2.75) is 18.5 Å². The number of rotatable bonds is 4. The monoisotopic (exact) mass is 492 g/mol. The maximum Gasteiger partial charge on any atom is 0.435 e. The number of ether oxygens (including phenoxy) is 1. The lowest BCUT2D eigenvalue weighted by Gasteiger charge is -2.15. The average molecular weight is 492 g/mol. The van der Waals surface area contributed by atoms with Crippen LogP contribution in [0.2, 0.25) is 0 Å². The van der Waals surface area contributed by atoms with Gasteiger partial charge in [0.25, 0.3) is 5.92 Å². The molecule has 1 unspecified atom stereocenters. The second-order valence-electron chi connectivity index (χ2n) is 8.47. The van der Waals surface area contributed by atoms with Gasteiger partial charge in [-0.05, 0) is 12.1 Å². The fourth-order valence-electron chi connectivity index (χ4n) is 4.40. The van der Waals surface area contributed by atoms with Gasteiger partial charge in [-0.1, -0.05) is 5.21 Å². The molecule has 0 spiro atoms. The fourth-order valence-corrected chi connectivity index (χ4v) is 4.40. The Bertz CT molecular complexity index is 1640. The number of H-pyrrole nitrogens is 1. The molecule has 1 saturated carbocycles. The van der Waals surface area contributed by atoms with Gasteiger partial charge in [0.15, 0.2) is 5.69 Å². The Morgan fingerprint density at radius 3 is 2.66 bits per heavy atom. The van der Waals surface area contributed by atoms with Gasteiger partial charge >= 0.3 is 6.18 Å². The molecule has 180 valence electrons. The molecule has 0 saturated heterocycles. The maximum absolute atomic E-state index is 14.8. The third kappa shape index (κ3) is 3.28. The Hall–Kier alpha value is -3.90. The van der Waals surface area contributed by atoms with E-state index >= 15 is 0 Å². The first-order valence-corrected chi connectivity index (χ1v) is 10.4. The zero-order valence-electron chi connectivity index (χ0n) is 17.8. The van der Waals surface area contributed by atoms with Gasteiger partial charge in [0, 0.05) is 42.1 Å². The maximum atomic E-state index is 14.8. The van der Waals surface area contributed by atoms with E-state index in [0.29, 0.717) is 16.4 Å². The lowest BCUT2D eigenvalue weighted by atomic mass is 9.96. The predicted octanol–water partition coefficient (Wildman–Crippen LogP) is 5.25. The zero-order chi connectivity index (χ0) is 24.7. The number of fused-ring (bicyclic) bond motifs is 6. The number of aromatic amines is 1. The van der Waals surface area contributed by atoms with Crippen LogP contribution in [-0.2, 0) is 13.2 Å². The number of pyridine rings is 1. The highest BCUT2D eigenvalue weighted by molar-refractivity contribution is 6.27. The smallest absolute Gasteiger partial charge is 0.435 e. The van der Waals surface area contributed by atoms with Crippen LogP contribution >= 0.6 is 0 Å². The summed E-state index contributed by atoms with van der Waals surface area (Å²) in [5, 5.41) is 9.46. The van der Waals surface area contributed by atoms with Crippen LogP contribution in [0.5, 0.6) is 5.75 Å². The molecule has 1 atom stereocenters. The van der Waals surface area contributed by atoms with Gasteiger partial charge < -0.3 is 9.30 Å². The zero-order valence-corrected chi connectivity index (χ0v) is 17.8. The van der Waals surface area contributed by atoms with Gasteiger partial charge in [-0.15, -0.1) is 5.10 Å². The van der Waals surface area contributed by atoms with Crippen molar-refractivity contribution in [2.75, 3.05) is 6.61 Å². The normalized spacial score (nSPS) is 17.5. The molecule has 1 aliphatic carbocycles. The Labute approximate surface area is 191 Å². The summed E-state index contributed by atoms with van der Waals surface area (Å²) in [6.07, 6.45) is -2.34. The average Bonchev–Trinajstić information content (AvgIpc) is 3.14. The second kappa shape index (κ2) is 7.06. The summed E-state index contributed by atoms with van der Waals surface area (Å²) in [6, 6.07) is 3.52. The number of hydrogen-bond acceptors (Lipinski definition) is 5. The molecule has 0 bridgehead atoms. The van der Waals surface area contributed by atoms with Crippen molar-refractivity contribution in [3.8, 4) is 17.0 Å². The fraction of sp³-hybridized carbons (Fsp3) is 0.273. The molecule has 1 aliphatic rings. The first-order valence-electron chi connectivity index (χ1n) is 10.4. The number of benzene rings is 2. The van der Waals surface area contributed by atoms with Gasteiger partial charge in [-0.3, -0.25) is 10.1 Å². The molecule has 6 rings (SSSR count). The lowest BCUT2D eigenvalue weighted by molar-refractivity contribution is -0.140. The summed E-state index contributed by atoms with van der Waals surface area (Å²) < 4.78 is 89.8. The largest absolute Gasteiger partial charge is 0.492 e. The molecule has 3 aromatic heterocycles. The molecule has 35 heavy (non-hydrogen) atoms. The van der Waals surface area contributed by atoms with Gasteiger partial charge in [-0.2, -0.15) is 13.2 Å². The van der Waals surface area contributed by atoms with E-state index in [1.54, 1.807) is 11.6 Å². The number of hydrogen-bond donors (Lipinski definition) is 1. The van der Waals surface area contributed by atoms with E-state index in [0.717, 1.165) is 12.1 Å². The number of alkyl halides is 5. The molecule has 5 aromatic rings. The van der Waals surface area contributed by atoms with Crippen molar-refractivity contribution in [3.63, 3.8) is 0 Å². The first-order chi connectivity index (χ1) is 16.6. The SMILES string of the molecule is Cn1cnc2c3nccc(-c4nn[nH]c4C(F)(F)F)c3c3cc(F)cc(OCC4CC4(F)F)c3c21. The molecular formula is C22H14F6N6O. The van der Waals surface area contributed by atoms with Crippen molar-refractivity contribution in [1.82, 2.24) is 29.9 Å². The topological polar surface area (TPSA) is 81.5 Å². The summed E-state index contributed by atoms with van der Waals surface area (Å²) in [7, 11) is 1.67. The molecule has 0 radical (unpaired) electrons. The molecule has 0 aliphatic heterocycles. The van der Waals surface area contributed by atoms with Gasteiger partial charge in [-0.25, -0.2) is 18.2 Å². The van der Waals surface area contributed by atoms with E-state index < -0.39 is 35.2 Å². The summed E-state index contributed by atoms with van der Waals surface area (Å²) in [5.41, 5.74) is -0.673. The number of aryl methyl sites for hydroxylation is 1. The Balaban J connectivity index is 1.70. The highest BCUT2D eigenvalue weighted by Gasteiger charge is 2.57. The molecule has 3 heterocycles. The van der Waals surface area contributed by atoms with E-state index in [2.05, 4.69) is 20.3 Å². The Morgan fingerprint density at radius 2 is 1.94 bits per heavy atom. The summed E-state index contributed by atoms with van der Waals surface area (Å²) in [6.45, 7) is -0.343. The molecule has 2 aromatic carbocycles. The number of nitrogens with one attached hydrogen (secondary N) is 1. The van der Waals surface area contributed by atoms with Crippen molar-refractivity contribution in [1.29, 1.82) is 0 Å². The van der Waals surface area contributed by atoms with Crippen LogP contribution in [0.1, 0.15) is 12.1 Å². The first kappa shape index (κ1) is 21.6. The van der Waals surface area contributed by atoms with Gasteiger partial charge in [0.2, 0.25) is 0 Å². The predicted molar refractivity (Wildman–Crippen MR) is 112 cm³/mol. The number of aromatic nitrogens is 6. The quantitative estimate of drug-likeness (QED) is 0.274. The van der Waals surface area contributed by atoms with E-state index in [9.17, 15) is 26.3 Å². The van der Waals surface area contributed by atoms with Crippen molar-refractivity contribution >= 4 is 32.7 Å². The minimum Gasteiger partial charge on any atom is -0.492 e.